The summed E-state index contributed by atoms with van der Waals surface area (Å²) >= 11 is 1.51. The molecule has 7 nitrogen and oxygen atoms in total. The molecule has 1 aromatic rings. The van der Waals surface area contributed by atoms with Crippen LogP contribution in [0.2, 0.25) is 0 Å². The minimum Gasteiger partial charge on any atom is -0.481 e. The van der Waals surface area contributed by atoms with Crippen LogP contribution in [0.4, 0.5) is 5.69 Å². The summed E-state index contributed by atoms with van der Waals surface area (Å²) in [5.41, 5.74) is 3.66. The molecule has 0 fully saturated rings. The number of allylic oxidation sites excluding steroid dienone is 2. The van der Waals surface area contributed by atoms with Gasteiger partial charge >= 0.3 is 11.9 Å². The molecule has 1 atom stereocenters. The van der Waals surface area contributed by atoms with Crippen LogP contribution in [0.5, 0.6) is 0 Å². The Morgan fingerprint density at radius 1 is 1.06 bits per heavy atom. The monoisotopic (exact) mass is 462 g/mol. The Morgan fingerprint density at radius 3 is 2.44 bits per heavy atom. The molecular formula is C24H34N2O5S. The molecular weight excluding hydrogens is 428 g/mol. The average Bonchev–Trinajstić information content (AvgIpc) is 2.78. The van der Waals surface area contributed by atoms with E-state index < -0.39 is 23.9 Å². The maximum absolute atomic E-state index is 11.9. The summed E-state index contributed by atoms with van der Waals surface area (Å²) in [7, 11) is 1.26. The molecule has 0 bridgehead atoms. The van der Waals surface area contributed by atoms with E-state index in [-0.39, 0.29) is 12.8 Å². The van der Waals surface area contributed by atoms with Crippen LogP contribution in [0.1, 0.15) is 39.5 Å². The van der Waals surface area contributed by atoms with Gasteiger partial charge in [0.2, 0.25) is 5.91 Å². The fourth-order valence-corrected chi connectivity index (χ4v) is 3.70. The van der Waals surface area contributed by atoms with Gasteiger partial charge in [-0.15, -0.1) is 0 Å². The third kappa shape index (κ3) is 12.8. The predicted octanol–water partition coefficient (Wildman–Crippen LogP) is 4.03. The van der Waals surface area contributed by atoms with E-state index in [0.717, 1.165) is 25.1 Å². The molecule has 0 saturated carbocycles. The van der Waals surface area contributed by atoms with Crippen molar-refractivity contribution in [2.45, 2.75) is 45.6 Å². The molecule has 0 aliphatic carbocycles. The Bertz CT molecular complexity index is 793. The number of carbonyl (C=O) groups is 3. The van der Waals surface area contributed by atoms with E-state index in [9.17, 15) is 14.4 Å². The van der Waals surface area contributed by atoms with Crippen LogP contribution in [-0.4, -0.2) is 54.2 Å². The van der Waals surface area contributed by atoms with Crippen LogP contribution < -0.4 is 10.6 Å². The minimum atomic E-state index is -1.05. The Morgan fingerprint density at radius 2 is 1.78 bits per heavy atom. The summed E-state index contributed by atoms with van der Waals surface area (Å²) in [6, 6.07) is 9.31. The molecule has 0 spiro atoms. The zero-order valence-corrected chi connectivity index (χ0v) is 19.9. The Labute approximate surface area is 194 Å². The standard InChI is InChI=1S/C24H34N2O5S/c1-18(8-7-9-19(2)16-25-20-10-5-4-6-11-20)14-15-32-17-21(24(30)31-3)26-22(27)12-13-23(28)29/h4-6,9-11,14,21,25H,7-8,12-13,15-17H2,1-3H3,(H,26,27)(H,28,29)/b18-14+,19-9+. The van der Waals surface area contributed by atoms with Gasteiger partial charge in [0.1, 0.15) is 6.04 Å². The molecule has 1 unspecified atom stereocenters. The van der Waals surface area contributed by atoms with Gasteiger partial charge in [-0.3, -0.25) is 9.59 Å². The highest BCUT2D eigenvalue weighted by Crippen LogP contribution is 2.12. The molecule has 176 valence electrons. The van der Waals surface area contributed by atoms with Gasteiger partial charge in [0, 0.05) is 30.2 Å². The first-order valence-electron chi connectivity index (χ1n) is 10.6. The van der Waals surface area contributed by atoms with Crippen LogP contribution in [0.25, 0.3) is 0 Å². The van der Waals surface area contributed by atoms with Crippen molar-refractivity contribution in [3.63, 3.8) is 0 Å². The molecule has 1 rings (SSSR count). The maximum Gasteiger partial charge on any atom is 0.329 e. The van der Waals surface area contributed by atoms with Crippen molar-refractivity contribution >= 4 is 35.3 Å². The SMILES string of the molecule is COC(=O)C(CSC/C=C(\C)CC/C=C(\C)CNc1ccccc1)NC(=O)CCC(=O)O. The van der Waals surface area contributed by atoms with Crippen molar-refractivity contribution in [1.82, 2.24) is 5.32 Å². The van der Waals surface area contributed by atoms with Crippen molar-refractivity contribution in [2.24, 2.45) is 0 Å². The van der Waals surface area contributed by atoms with Gasteiger partial charge in [-0.05, 0) is 38.8 Å². The van der Waals surface area contributed by atoms with Crippen LogP contribution >= 0.6 is 11.8 Å². The number of hydrogen-bond donors (Lipinski definition) is 3. The Hall–Kier alpha value is -2.74. The zero-order valence-electron chi connectivity index (χ0n) is 19.1. The highest BCUT2D eigenvalue weighted by atomic mass is 32.2. The summed E-state index contributed by atoms with van der Waals surface area (Å²) in [6.45, 7) is 5.01. The van der Waals surface area contributed by atoms with Gasteiger partial charge in [-0.1, -0.05) is 41.5 Å². The first-order chi connectivity index (χ1) is 15.3. The molecule has 0 saturated heterocycles. The van der Waals surface area contributed by atoms with E-state index in [1.807, 2.05) is 30.3 Å². The second-order valence-electron chi connectivity index (χ2n) is 7.43. The molecule has 0 radical (unpaired) electrons. The molecule has 0 aromatic heterocycles. The van der Waals surface area contributed by atoms with Crippen molar-refractivity contribution in [1.29, 1.82) is 0 Å². The molecule has 0 aliphatic heterocycles. The number of thioether (sulfide) groups is 1. The van der Waals surface area contributed by atoms with Crippen molar-refractivity contribution in [2.75, 3.05) is 30.5 Å². The minimum absolute atomic E-state index is 0.166. The van der Waals surface area contributed by atoms with E-state index in [0.29, 0.717) is 11.5 Å². The number of nitrogens with one attached hydrogen (secondary N) is 2. The number of ether oxygens (including phenoxy) is 1. The van der Waals surface area contributed by atoms with Gasteiger partial charge in [-0.2, -0.15) is 11.8 Å². The van der Waals surface area contributed by atoms with E-state index in [1.54, 1.807) is 0 Å². The fraction of sp³-hybridized carbons (Fsp3) is 0.458. The topological polar surface area (TPSA) is 105 Å². The number of amides is 1. The first kappa shape index (κ1) is 27.3. The predicted molar refractivity (Wildman–Crippen MR) is 130 cm³/mol. The van der Waals surface area contributed by atoms with E-state index >= 15 is 0 Å². The van der Waals surface area contributed by atoms with E-state index in [2.05, 4.69) is 36.6 Å². The van der Waals surface area contributed by atoms with Crippen LogP contribution in [0.15, 0.2) is 53.6 Å². The lowest BCUT2D eigenvalue weighted by Gasteiger charge is -2.15. The molecule has 0 heterocycles. The number of carboxylic acid groups (broad SMARTS) is 1. The lowest BCUT2D eigenvalue weighted by Crippen LogP contribution is -2.43. The second kappa shape index (κ2) is 16.0. The average molecular weight is 463 g/mol. The summed E-state index contributed by atoms with van der Waals surface area (Å²) in [4.78, 5) is 34.2. The van der Waals surface area contributed by atoms with Crippen molar-refractivity contribution < 1.29 is 24.2 Å². The maximum atomic E-state index is 11.9. The molecule has 8 heteroatoms. The summed E-state index contributed by atoms with van der Waals surface area (Å²) in [5.74, 6) is -0.991. The number of hydrogen-bond acceptors (Lipinski definition) is 6. The number of carbonyl (C=O) groups excluding carboxylic acids is 2. The van der Waals surface area contributed by atoms with Gasteiger partial charge in [0.05, 0.1) is 13.5 Å². The smallest absolute Gasteiger partial charge is 0.329 e. The van der Waals surface area contributed by atoms with Gasteiger partial charge in [0.15, 0.2) is 0 Å². The van der Waals surface area contributed by atoms with Crippen LogP contribution in [0, 0.1) is 0 Å². The number of para-hydroxylation sites is 1. The van der Waals surface area contributed by atoms with E-state index in [4.69, 9.17) is 9.84 Å². The van der Waals surface area contributed by atoms with Gasteiger partial charge < -0.3 is 20.5 Å². The van der Waals surface area contributed by atoms with Crippen LogP contribution in [-0.2, 0) is 19.1 Å². The number of methoxy groups -OCH3 is 1. The number of rotatable bonds is 15. The highest BCUT2D eigenvalue weighted by Gasteiger charge is 2.21. The molecule has 32 heavy (non-hydrogen) atoms. The van der Waals surface area contributed by atoms with Crippen molar-refractivity contribution in [3.05, 3.63) is 53.6 Å². The quantitative estimate of drug-likeness (QED) is 0.205. The number of carboxylic acids is 1. The van der Waals surface area contributed by atoms with E-state index in [1.165, 1.54) is 30.0 Å². The van der Waals surface area contributed by atoms with Crippen LogP contribution in [0.3, 0.4) is 0 Å². The largest absolute Gasteiger partial charge is 0.481 e. The molecule has 1 amide bonds. The van der Waals surface area contributed by atoms with Gasteiger partial charge in [-0.25, -0.2) is 4.79 Å². The zero-order chi connectivity index (χ0) is 23.8. The van der Waals surface area contributed by atoms with Gasteiger partial charge in [0.25, 0.3) is 0 Å². The lowest BCUT2D eigenvalue weighted by molar-refractivity contribution is -0.144. The third-order valence-electron chi connectivity index (χ3n) is 4.60. The Kier molecular flexibility index (Phi) is 13.6. The molecule has 3 N–H and O–H groups in total. The Balaban J connectivity index is 2.33. The summed E-state index contributed by atoms with van der Waals surface area (Å²) in [5, 5.41) is 14.6. The number of benzene rings is 1. The second-order valence-corrected chi connectivity index (χ2v) is 8.51. The third-order valence-corrected chi connectivity index (χ3v) is 5.57. The molecule has 0 aliphatic rings. The normalized spacial score (nSPS) is 12.7. The number of aliphatic carboxylic acids is 1. The highest BCUT2D eigenvalue weighted by molar-refractivity contribution is 7.99. The molecule has 1 aromatic carbocycles. The van der Waals surface area contributed by atoms with Crippen molar-refractivity contribution in [3.8, 4) is 0 Å². The number of anilines is 1. The summed E-state index contributed by atoms with van der Waals surface area (Å²) < 4.78 is 4.73. The first-order valence-corrected chi connectivity index (χ1v) is 11.7. The lowest BCUT2D eigenvalue weighted by atomic mass is 10.1. The number of esters is 1. The summed E-state index contributed by atoms with van der Waals surface area (Å²) in [6.07, 6.45) is 5.83. The fourth-order valence-electron chi connectivity index (χ4n) is 2.70.